The van der Waals surface area contributed by atoms with Crippen LogP contribution in [0.15, 0.2) is 30.3 Å². The van der Waals surface area contributed by atoms with Gasteiger partial charge in [-0.3, -0.25) is 19.2 Å². The molecule has 1 aromatic rings. The van der Waals surface area contributed by atoms with E-state index in [0.717, 1.165) is 37.7 Å². The Morgan fingerprint density at radius 3 is 2.29 bits per heavy atom. The predicted octanol–water partition coefficient (Wildman–Crippen LogP) is 3.92. The molecule has 8 atom stereocenters. The van der Waals surface area contributed by atoms with Crippen molar-refractivity contribution in [2.75, 3.05) is 6.54 Å². The summed E-state index contributed by atoms with van der Waals surface area (Å²) in [5.41, 5.74) is 4.13. The minimum Gasteiger partial charge on any atom is -0.459 e. The average Bonchev–Trinajstić information content (AvgIpc) is 3.69. The summed E-state index contributed by atoms with van der Waals surface area (Å²) in [5.74, 6) is -3.08. The molecule has 4 aliphatic carbocycles. The molecule has 1 heterocycles. The first kappa shape index (κ1) is 35.1. The summed E-state index contributed by atoms with van der Waals surface area (Å²) in [6.45, 7) is 10.2. The molecule has 4 unspecified atom stereocenters. The van der Waals surface area contributed by atoms with Gasteiger partial charge in [0.25, 0.3) is 5.91 Å². The molecule has 4 saturated carbocycles. The smallest absolute Gasteiger partial charge is 0.332 e. The van der Waals surface area contributed by atoms with Crippen LogP contribution >= 0.6 is 0 Å². The molecule has 1 saturated heterocycles. The molecule has 266 valence electrons. The summed E-state index contributed by atoms with van der Waals surface area (Å²) in [7, 11) is 0. The van der Waals surface area contributed by atoms with E-state index in [9.17, 15) is 28.8 Å². The van der Waals surface area contributed by atoms with Gasteiger partial charge in [0.05, 0.1) is 6.04 Å². The van der Waals surface area contributed by atoms with Crippen LogP contribution in [0.2, 0.25) is 0 Å². The normalized spacial score (nSPS) is 30.6. The second-order valence-corrected chi connectivity index (χ2v) is 17.2. The Morgan fingerprint density at radius 1 is 1.02 bits per heavy atom. The Balaban J connectivity index is 1.18. The molecule has 4 amide bonds. The van der Waals surface area contributed by atoms with Crippen molar-refractivity contribution < 1.29 is 33.5 Å². The molecule has 5 aliphatic rings. The number of nitrogens with zero attached hydrogens (tertiary/aromatic N) is 1. The number of esters is 1. The number of nitrogens with one attached hydrogen (secondary N) is 2. The summed E-state index contributed by atoms with van der Waals surface area (Å²) >= 11 is 0. The quantitative estimate of drug-likeness (QED) is 0.211. The number of piperidine rings is 1. The number of nitrogens with two attached hydrogens (primary N) is 1. The van der Waals surface area contributed by atoms with Crippen molar-refractivity contribution in [3.63, 3.8) is 0 Å². The van der Waals surface area contributed by atoms with E-state index in [-0.39, 0.29) is 47.9 Å². The number of likely N-dealkylation sites (tertiary alicyclic amines) is 1. The van der Waals surface area contributed by atoms with Crippen LogP contribution < -0.4 is 16.4 Å². The highest BCUT2D eigenvalue weighted by Gasteiger charge is 2.69. The van der Waals surface area contributed by atoms with Crippen molar-refractivity contribution in [1.82, 2.24) is 15.5 Å². The Kier molecular flexibility index (Phi) is 9.20. The first-order chi connectivity index (χ1) is 23.0. The lowest BCUT2D eigenvalue weighted by molar-refractivity contribution is -0.155. The first-order valence-electron chi connectivity index (χ1n) is 18.0. The van der Waals surface area contributed by atoms with Crippen molar-refractivity contribution in [2.45, 2.75) is 110 Å². The van der Waals surface area contributed by atoms with Gasteiger partial charge in [-0.1, -0.05) is 77.8 Å². The molecule has 0 radical (unpaired) electrons. The zero-order valence-corrected chi connectivity index (χ0v) is 29.5. The van der Waals surface area contributed by atoms with Crippen LogP contribution in [0, 0.1) is 46.3 Å². The van der Waals surface area contributed by atoms with Gasteiger partial charge in [-0.15, -0.1) is 0 Å². The van der Waals surface area contributed by atoms with Crippen LogP contribution in [0.1, 0.15) is 91.5 Å². The highest BCUT2D eigenvalue weighted by Crippen LogP contribution is 2.65. The lowest BCUT2D eigenvalue weighted by Crippen LogP contribution is -2.64. The maximum atomic E-state index is 14.5. The minimum atomic E-state index is -1.19. The molecular formula is C38H52N4O7. The van der Waals surface area contributed by atoms with Crippen molar-refractivity contribution in [1.29, 1.82) is 0 Å². The van der Waals surface area contributed by atoms with Crippen LogP contribution in [-0.4, -0.2) is 64.4 Å². The molecular weight excluding hydrogens is 624 g/mol. The van der Waals surface area contributed by atoms with Crippen molar-refractivity contribution >= 4 is 35.4 Å². The number of carbonyl (C=O) groups excluding carboxylic acids is 6. The van der Waals surface area contributed by atoms with Gasteiger partial charge in [0.1, 0.15) is 18.2 Å². The number of carbonyl (C=O) groups is 6. The maximum absolute atomic E-state index is 14.5. The largest absolute Gasteiger partial charge is 0.459 e. The maximum Gasteiger partial charge on any atom is 0.332 e. The summed E-state index contributed by atoms with van der Waals surface area (Å²) < 4.78 is 5.79. The summed E-state index contributed by atoms with van der Waals surface area (Å²) in [5, 5.41) is 5.92. The molecule has 11 nitrogen and oxygen atoms in total. The number of hydrogen-bond donors (Lipinski definition) is 3. The fourth-order valence-electron chi connectivity index (χ4n) is 9.31. The highest BCUT2D eigenvalue weighted by molar-refractivity contribution is 6.36. The third-order valence-electron chi connectivity index (χ3n) is 12.3. The van der Waals surface area contributed by atoms with E-state index >= 15 is 0 Å². The molecule has 1 aliphatic heterocycles. The Hall–Kier alpha value is -3.76. The fourth-order valence-corrected chi connectivity index (χ4v) is 9.31. The molecule has 49 heavy (non-hydrogen) atoms. The number of benzene rings is 1. The van der Waals surface area contributed by atoms with E-state index in [2.05, 4.69) is 24.5 Å². The third kappa shape index (κ3) is 6.86. The van der Waals surface area contributed by atoms with Crippen LogP contribution in [0.3, 0.4) is 0 Å². The lowest BCUT2D eigenvalue weighted by atomic mass is 9.80. The minimum absolute atomic E-state index is 0.0584. The predicted molar refractivity (Wildman–Crippen MR) is 180 cm³/mol. The number of ether oxygens (including phenoxy) is 1. The fraction of sp³-hybridized carbons (Fsp3) is 0.684. The molecule has 6 rings (SSSR count). The number of ketones is 2. The number of rotatable bonds is 13. The Labute approximate surface area is 288 Å². The van der Waals surface area contributed by atoms with Crippen LogP contribution in [-0.2, 0) is 35.3 Å². The number of urea groups is 1. The standard InChI is InChI=1S/C38H52N4O7/c1-36(2,3)31(40-35(48)41-38(18-23-13-14-25(38)16-23)34(47)49-20-22-9-7-6-8-10-22)33(46)42-19-26-28(37(26,4)5)29(42)27(43)17-24(15-21-11-12-21)30(44)32(39)45/h6-10,21,23-26,28-29,31H,11-20H2,1-5H3,(H2,39,45)(H2,40,41,48)/t23?,24?,25?,26-,28-,29+,31+,38?/m0/s1. The van der Waals surface area contributed by atoms with E-state index in [0.29, 0.717) is 31.2 Å². The number of amides is 4. The molecule has 4 N–H and O–H groups in total. The van der Waals surface area contributed by atoms with Crippen LogP contribution in [0.5, 0.6) is 0 Å². The van der Waals surface area contributed by atoms with E-state index in [1.54, 1.807) is 4.90 Å². The van der Waals surface area contributed by atoms with Crippen molar-refractivity contribution in [3.05, 3.63) is 35.9 Å². The summed E-state index contributed by atoms with van der Waals surface area (Å²) in [4.78, 5) is 82.3. The second-order valence-electron chi connectivity index (χ2n) is 17.2. The van der Waals surface area contributed by atoms with Crippen molar-refractivity contribution in [2.24, 2.45) is 52.1 Å². The van der Waals surface area contributed by atoms with Gasteiger partial charge in [-0.25, -0.2) is 9.59 Å². The van der Waals surface area contributed by atoms with Gasteiger partial charge in [0.15, 0.2) is 5.78 Å². The lowest BCUT2D eigenvalue weighted by Gasteiger charge is -2.40. The number of hydrogen-bond acceptors (Lipinski definition) is 7. The molecule has 11 heteroatoms. The van der Waals surface area contributed by atoms with Gasteiger partial charge in [0, 0.05) is 18.9 Å². The van der Waals surface area contributed by atoms with E-state index in [1.165, 1.54) is 0 Å². The van der Waals surface area contributed by atoms with Crippen LogP contribution in [0.4, 0.5) is 4.79 Å². The second kappa shape index (κ2) is 12.8. The molecule has 1 aromatic carbocycles. The van der Waals surface area contributed by atoms with Gasteiger partial charge < -0.3 is 26.0 Å². The van der Waals surface area contributed by atoms with E-state index in [4.69, 9.17) is 10.5 Å². The molecule has 0 spiro atoms. The van der Waals surface area contributed by atoms with E-state index in [1.807, 2.05) is 51.1 Å². The Morgan fingerprint density at radius 2 is 1.71 bits per heavy atom. The van der Waals surface area contributed by atoms with Gasteiger partial charge in [-0.05, 0) is 78.1 Å². The van der Waals surface area contributed by atoms with Crippen LogP contribution in [0.25, 0.3) is 0 Å². The highest BCUT2D eigenvalue weighted by atomic mass is 16.5. The zero-order chi connectivity index (χ0) is 35.5. The summed E-state index contributed by atoms with van der Waals surface area (Å²) in [6, 6.07) is 7.01. The zero-order valence-electron chi connectivity index (χ0n) is 29.5. The van der Waals surface area contributed by atoms with Gasteiger partial charge in [0.2, 0.25) is 11.7 Å². The average molecular weight is 677 g/mol. The van der Waals surface area contributed by atoms with Gasteiger partial charge in [-0.2, -0.15) is 0 Å². The van der Waals surface area contributed by atoms with Crippen molar-refractivity contribution in [3.8, 4) is 0 Å². The van der Waals surface area contributed by atoms with Gasteiger partial charge >= 0.3 is 12.0 Å². The summed E-state index contributed by atoms with van der Waals surface area (Å²) in [6.07, 6.45) is 5.33. The number of primary amides is 1. The SMILES string of the molecule is CC(C)(C)[C@H](NC(=O)NC1(C(=O)OCc2ccccc2)CC2CCC1C2)C(=O)N1C[C@H]2[C@@H]([C@H]1C(=O)CC(CC1CC1)C(=O)C(N)=O)C2(C)C. The first-order valence-corrected chi connectivity index (χ1v) is 18.0. The molecule has 5 fully saturated rings. The molecule has 0 aromatic heterocycles. The monoisotopic (exact) mass is 676 g/mol. The third-order valence-corrected chi connectivity index (χ3v) is 12.3. The topological polar surface area (TPSA) is 165 Å². The Bertz CT molecular complexity index is 1520. The molecule has 2 bridgehead atoms. The number of fused-ring (bicyclic) bond motifs is 3. The van der Waals surface area contributed by atoms with E-state index < -0.39 is 52.6 Å². The number of Topliss-reactive ketones (excluding diaryl/α,β-unsaturated/α-hetero) is 2.